The summed E-state index contributed by atoms with van der Waals surface area (Å²) in [6.07, 6.45) is 0.682. The first-order valence-corrected chi connectivity index (χ1v) is 3.86. The van der Waals surface area contributed by atoms with Crippen molar-refractivity contribution in [2.75, 3.05) is 13.2 Å². The van der Waals surface area contributed by atoms with Crippen molar-refractivity contribution in [2.45, 2.75) is 13.8 Å². The first-order chi connectivity index (χ1) is 6.11. The fourth-order valence-electron chi connectivity index (χ4n) is 0.560. The van der Waals surface area contributed by atoms with E-state index >= 15 is 0 Å². The van der Waals surface area contributed by atoms with Gasteiger partial charge in [0.05, 0.1) is 19.3 Å². The number of esters is 2. The standard InChI is InChI=1S/C8H12O5.Na.H/c1-3-12-7(10)5-6(9)8(11)13-4-2;;/h5,9H,3-4H2,1-2H3;;. The van der Waals surface area contributed by atoms with Gasteiger partial charge in [0.2, 0.25) is 5.76 Å². The molecule has 76 valence electrons. The summed E-state index contributed by atoms with van der Waals surface area (Å²) in [5, 5.41) is 8.93. The summed E-state index contributed by atoms with van der Waals surface area (Å²) in [6.45, 7) is 3.54. The molecule has 1 N–H and O–H groups in total. The van der Waals surface area contributed by atoms with Crippen LogP contribution in [0.15, 0.2) is 11.8 Å². The van der Waals surface area contributed by atoms with E-state index in [1.54, 1.807) is 13.8 Å². The van der Waals surface area contributed by atoms with Crippen LogP contribution < -0.4 is 0 Å². The van der Waals surface area contributed by atoms with E-state index in [9.17, 15) is 9.59 Å². The average Bonchev–Trinajstić information content (AvgIpc) is 2.05. The van der Waals surface area contributed by atoms with Crippen molar-refractivity contribution >= 4 is 41.5 Å². The molecule has 0 heterocycles. The Morgan fingerprint density at radius 2 is 1.71 bits per heavy atom. The van der Waals surface area contributed by atoms with E-state index in [1.807, 2.05) is 0 Å². The molecule has 0 aromatic heterocycles. The van der Waals surface area contributed by atoms with E-state index in [4.69, 9.17) is 5.11 Å². The van der Waals surface area contributed by atoms with Crippen molar-refractivity contribution < 1.29 is 24.2 Å². The van der Waals surface area contributed by atoms with Crippen LogP contribution in [-0.2, 0) is 19.1 Å². The molecule has 0 unspecified atom stereocenters. The summed E-state index contributed by atoms with van der Waals surface area (Å²) in [5.41, 5.74) is 0. The van der Waals surface area contributed by atoms with Crippen LogP contribution in [-0.4, -0.2) is 59.8 Å². The third kappa shape index (κ3) is 6.94. The molecule has 0 fully saturated rings. The van der Waals surface area contributed by atoms with Crippen molar-refractivity contribution in [1.29, 1.82) is 0 Å². The molecule has 6 heteroatoms. The molecule has 0 aliphatic rings. The van der Waals surface area contributed by atoms with Crippen LogP contribution >= 0.6 is 0 Å². The van der Waals surface area contributed by atoms with Gasteiger partial charge in [0.1, 0.15) is 0 Å². The third-order valence-corrected chi connectivity index (χ3v) is 1.03. The number of aliphatic hydroxyl groups excluding tert-OH is 1. The van der Waals surface area contributed by atoms with E-state index in [0.717, 1.165) is 0 Å². The number of carbonyl (C=O) groups is 2. The fraction of sp³-hybridized carbons (Fsp3) is 0.500. The minimum atomic E-state index is -0.935. The van der Waals surface area contributed by atoms with Crippen molar-refractivity contribution in [3.8, 4) is 0 Å². The number of rotatable bonds is 4. The Kier molecular flexibility index (Phi) is 10.3. The molecule has 0 atom stereocenters. The van der Waals surface area contributed by atoms with Gasteiger partial charge in [0.25, 0.3) is 0 Å². The Labute approximate surface area is 104 Å². The number of carbonyl (C=O) groups excluding carboxylic acids is 2. The van der Waals surface area contributed by atoms with E-state index in [-0.39, 0.29) is 42.8 Å². The number of ether oxygens (including phenoxy) is 2. The van der Waals surface area contributed by atoms with Gasteiger partial charge in [0, 0.05) is 0 Å². The summed E-state index contributed by atoms with van der Waals surface area (Å²) in [5.74, 6) is -2.45. The number of aliphatic hydroxyl groups is 1. The van der Waals surface area contributed by atoms with Crippen LogP contribution in [0.3, 0.4) is 0 Å². The van der Waals surface area contributed by atoms with E-state index in [2.05, 4.69) is 9.47 Å². The Bertz CT molecular complexity index is 224. The zero-order valence-corrected chi connectivity index (χ0v) is 7.57. The van der Waals surface area contributed by atoms with Gasteiger partial charge in [-0.15, -0.1) is 0 Å². The van der Waals surface area contributed by atoms with Gasteiger partial charge < -0.3 is 14.6 Å². The topological polar surface area (TPSA) is 72.8 Å². The SMILES string of the molecule is CCOC(=O)C=C(O)C(=O)OCC.[NaH]. The van der Waals surface area contributed by atoms with Crippen LogP contribution in [0.4, 0.5) is 0 Å². The van der Waals surface area contributed by atoms with Crippen molar-refractivity contribution in [3.05, 3.63) is 11.8 Å². The van der Waals surface area contributed by atoms with E-state index in [0.29, 0.717) is 6.08 Å². The molecule has 0 saturated heterocycles. The normalized spacial score (nSPS) is 10.0. The molecule has 0 aliphatic heterocycles. The maximum atomic E-state index is 10.7. The van der Waals surface area contributed by atoms with Gasteiger partial charge >= 0.3 is 41.5 Å². The maximum absolute atomic E-state index is 10.7. The van der Waals surface area contributed by atoms with Crippen LogP contribution in [0.25, 0.3) is 0 Å². The van der Waals surface area contributed by atoms with Crippen LogP contribution in [0.5, 0.6) is 0 Å². The summed E-state index contributed by atoms with van der Waals surface area (Å²) in [6, 6.07) is 0. The summed E-state index contributed by atoms with van der Waals surface area (Å²) in [4.78, 5) is 21.4. The van der Waals surface area contributed by atoms with Gasteiger partial charge in [-0.05, 0) is 13.8 Å². The molecular weight excluding hydrogens is 199 g/mol. The molecular formula is C8H13NaO5. The van der Waals surface area contributed by atoms with Crippen molar-refractivity contribution in [2.24, 2.45) is 0 Å². The first kappa shape index (κ1) is 15.9. The Morgan fingerprint density at radius 3 is 2.14 bits per heavy atom. The molecule has 0 aromatic rings. The number of hydrogen-bond donors (Lipinski definition) is 1. The van der Waals surface area contributed by atoms with E-state index < -0.39 is 17.7 Å². The number of hydrogen-bond acceptors (Lipinski definition) is 5. The van der Waals surface area contributed by atoms with Gasteiger partial charge in [-0.3, -0.25) is 0 Å². The second-order valence-corrected chi connectivity index (χ2v) is 2.00. The summed E-state index contributed by atoms with van der Waals surface area (Å²) < 4.78 is 8.88. The fourth-order valence-corrected chi connectivity index (χ4v) is 0.560. The zero-order chi connectivity index (χ0) is 10.3. The molecule has 0 aliphatic carbocycles. The van der Waals surface area contributed by atoms with Crippen molar-refractivity contribution in [3.63, 3.8) is 0 Å². The van der Waals surface area contributed by atoms with Crippen LogP contribution in [0, 0.1) is 0 Å². The molecule has 5 nitrogen and oxygen atoms in total. The average molecular weight is 212 g/mol. The molecule has 0 rings (SSSR count). The van der Waals surface area contributed by atoms with E-state index in [1.165, 1.54) is 0 Å². The molecule has 0 amide bonds. The quantitative estimate of drug-likeness (QED) is 0.305. The van der Waals surface area contributed by atoms with Gasteiger partial charge in [-0.1, -0.05) is 0 Å². The third-order valence-electron chi connectivity index (χ3n) is 1.03. The first-order valence-electron chi connectivity index (χ1n) is 3.86. The van der Waals surface area contributed by atoms with Gasteiger partial charge in [-0.2, -0.15) is 0 Å². The predicted molar refractivity (Wildman–Crippen MR) is 51.1 cm³/mol. The molecule has 0 spiro atoms. The summed E-state index contributed by atoms with van der Waals surface area (Å²) in [7, 11) is 0. The van der Waals surface area contributed by atoms with Gasteiger partial charge in [0.15, 0.2) is 0 Å². The Hall–Kier alpha value is -0.520. The molecule has 0 aromatic carbocycles. The molecule has 14 heavy (non-hydrogen) atoms. The van der Waals surface area contributed by atoms with Gasteiger partial charge in [-0.25, -0.2) is 9.59 Å². The predicted octanol–water partition coefficient (Wildman–Crippen LogP) is -0.0940. The van der Waals surface area contributed by atoms with Crippen LogP contribution in [0.1, 0.15) is 13.8 Å². The monoisotopic (exact) mass is 212 g/mol. The van der Waals surface area contributed by atoms with Crippen molar-refractivity contribution in [1.82, 2.24) is 0 Å². The Morgan fingerprint density at radius 1 is 1.21 bits per heavy atom. The second-order valence-electron chi connectivity index (χ2n) is 2.00. The molecule has 0 bridgehead atoms. The molecule has 0 saturated carbocycles. The zero-order valence-electron chi connectivity index (χ0n) is 7.57. The second kappa shape index (κ2) is 9.05. The van der Waals surface area contributed by atoms with Crippen LogP contribution in [0.2, 0.25) is 0 Å². The molecule has 0 radical (unpaired) electrons. The summed E-state index contributed by atoms with van der Waals surface area (Å²) >= 11 is 0. The Balaban J connectivity index is 0. The minimum absolute atomic E-state index is 0.